The Kier molecular flexibility index (Phi) is 5.06. The minimum atomic E-state index is -0.186. The largest absolute Gasteiger partial charge is 0.367 e. The number of amides is 1. The molecule has 1 aliphatic rings. The summed E-state index contributed by atoms with van der Waals surface area (Å²) in [6.07, 6.45) is 6.07. The summed E-state index contributed by atoms with van der Waals surface area (Å²) >= 11 is 0. The lowest BCUT2D eigenvalue weighted by atomic mass is 9.99. The third kappa shape index (κ3) is 3.74. The number of pyridine rings is 2. The summed E-state index contributed by atoms with van der Waals surface area (Å²) in [7, 11) is 0. The maximum Gasteiger partial charge on any atom is 0.270 e. The quantitative estimate of drug-likeness (QED) is 0.715. The second-order valence-corrected chi connectivity index (χ2v) is 7.34. The van der Waals surface area contributed by atoms with Crippen molar-refractivity contribution in [1.29, 1.82) is 0 Å². The van der Waals surface area contributed by atoms with Crippen molar-refractivity contribution in [2.45, 2.75) is 39.3 Å². The van der Waals surface area contributed by atoms with E-state index in [1.54, 1.807) is 18.6 Å². The predicted molar refractivity (Wildman–Crippen MR) is 107 cm³/mol. The van der Waals surface area contributed by atoms with Gasteiger partial charge in [0.25, 0.3) is 5.91 Å². The van der Waals surface area contributed by atoms with Crippen molar-refractivity contribution in [2.75, 3.05) is 11.4 Å². The van der Waals surface area contributed by atoms with Gasteiger partial charge in [-0.15, -0.1) is 0 Å². The molecule has 0 radical (unpaired) electrons. The third-order valence-electron chi connectivity index (χ3n) is 5.03. The maximum atomic E-state index is 12.5. The van der Waals surface area contributed by atoms with Gasteiger partial charge in [0.1, 0.15) is 5.69 Å². The molecule has 0 saturated heterocycles. The van der Waals surface area contributed by atoms with Gasteiger partial charge in [-0.1, -0.05) is 19.9 Å². The van der Waals surface area contributed by atoms with E-state index in [9.17, 15) is 4.79 Å². The Labute approximate surface area is 164 Å². The van der Waals surface area contributed by atoms with Crippen LogP contribution in [-0.4, -0.2) is 32.6 Å². The summed E-state index contributed by atoms with van der Waals surface area (Å²) in [5.74, 6) is 0.195. The molecule has 4 heterocycles. The first kappa shape index (κ1) is 18.2. The SMILES string of the molecule is CC(C)c1n[nH]c2c1CN(c1ccnc(C(=O)NCc3cccnc3)c1)CC2. The average Bonchev–Trinajstić information content (AvgIpc) is 3.16. The van der Waals surface area contributed by atoms with E-state index in [4.69, 9.17) is 0 Å². The van der Waals surface area contributed by atoms with Crippen LogP contribution >= 0.6 is 0 Å². The van der Waals surface area contributed by atoms with Crippen LogP contribution in [-0.2, 0) is 19.5 Å². The molecule has 0 bridgehead atoms. The topological polar surface area (TPSA) is 86.8 Å². The lowest BCUT2D eigenvalue weighted by molar-refractivity contribution is 0.0946. The Morgan fingerprint density at radius 2 is 2.21 bits per heavy atom. The standard InChI is InChI=1S/C21H24N6O/c1-14(2)20-17-13-27(9-6-18(17)25-26-20)16-5-8-23-19(10-16)21(28)24-12-15-4-3-7-22-11-15/h3-5,7-8,10-11,14H,6,9,12-13H2,1-2H3,(H,24,28)(H,25,26). The van der Waals surface area contributed by atoms with E-state index in [1.165, 1.54) is 11.3 Å². The number of hydrogen-bond donors (Lipinski definition) is 2. The van der Waals surface area contributed by atoms with E-state index in [-0.39, 0.29) is 5.91 Å². The number of rotatable bonds is 5. The molecule has 7 heteroatoms. The fourth-order valence-electron chi connectivity index (χ4n) is 3.53. The van der Waals surface area contributed by atoms with Crippen LogP contribution in [0, 0.1) is 0 Å². The Bertz CT molecular complexity index is 966. The highest BCUT2D eigenvalue weighted by atomic mass is 16.1. The second kappa shape index (κ2) is 7.80. The van der Waals surface area contributed by atoms with Gasteiger partial charge in [0.2, 0.25) is 0 Å². The summed E-state index contributed by atoms with van der Waals surface area (Å²) in [6, 6.07) is 7.60. The summed E-state index contributed by atoms with van der Waals surface area (Å²) in [5.41, 5.74) is 6.01. The molecule has 1 aliphatic heterocycles. The van der Waals surface area contributed by atoms with Crippen molar-refractivity contribution in [3.63, 3.8) is 0 Å². The van der Waals surface area contributed by atoms with Crippen LogP contribution in [0.5, 0.6) is 0 Å². The molecule has 3 aromatic heterocycles. The van der Waals surface area contributed by atoms with Gasteiger partial charge in [-0.3, -0.25) is 19.9 Å². The van der Waals surface area contributed by atoms with Crippen LogP contribution < -0.4 is 10.2 Å². The molecule has 144 valence electrons. The van der Waals surface area contributed by atoms with Gasteiger partial charge in [-0.05, 0) is 29.7 Å². The van der Waals surface area contributed by atoms with E-state index < -0.39 is 0 Å². The minimum Gasteiger partial charge on any atom is -0.367 e. The number of aromatic amines is 1. The third-order valence-corrected chi connectivity index (χ3v) is 5.03. The lowest BCUT2D eigenvalue weighted by Crippen LogP contribution is -2.31. The van der Waals surface area contributed by atoms with Gasteiger partial charge in [0.05, 0.1) is 5.69 Å². The van der Waals surface area contributed by atoms with Gasteiger partial charge < -0.3 is 10.2 Å². The van der Waals surface area contributed by atoms with Crippen molar-refractivity contribution >= 4 is 11.6 Å². The molecule has 0 unspecified atom stereocenters. The van der Waals surface area contributed by atoms with E-state index >= 15 is 0 Å². The van der Waals surface area contributed by atoms with E-state index in [2.05, 4.69) is 44.2 Å². The monoisotopic (exact) mass is 376 g/mol. The lowest BCUT2D eigenvalue weighted by Gasteiger charge is -2.29. The maximum absolute atomic E-state index is 12.5. The molecule has 3 aromatic rings. The first-order chi connectivity index (χ1) is 13.6. The second-order valence-electron chi connectivity index (χ2n) is 7.34. The molecule has 7 nitrogen and oxygen atoms in total. The van der Waals surface area contributed by atoms with Crippen LogP contribution in [0.1, 0.15) is 52.8 Å². The Hall–Kier alpha value is -3.22. The number of carbonyl (C=O) groups excluding carboxylic acids is 1. The van der Waals surface area contributed by atoms with E-state index in [0.29, 0.717) is 18.2 Å². The zero-order valence-electron chi connectivity index (χ0n) is 16.1. The molecule has 2 N–H and O–H groups in total. The summed E-state index contributed by atoms with van der Waals surface area (Å²) < 4.78 is 0. The zero-order chi connectivity index (χ0) is 19.5. The predicted octanol–water partition coefficient (Wildman–Crippen LogP) is 2.82. The first-order valence-corrected chi connectivity index (χ1v) is 9.56. The molecule has 0 fully saturated rings. The fourth-order valence-corrected chi connectivity index (χ4v) is 3.53. The first-order valence-electron chi connectivity index (χ1n) is 9.56. The molecule has 1 amide bonds. The van der Waals surface area contributed by atoms with Crippen molar-refractivity contribution in [1.82, 2.24) is 25.5 Å². The number of aromatic nitrogens is 4. The molecule has 0 spiro atoms. The van der Waals surface area contributed by atoms with Crippen molar-refractivity contribution < 1.29 is 4.79 Å². The molecule has 4 rings (SSSR count). The number of anilines is 1. The zero-order valence-corrected chi connectivity index (χ0v) is 16.1. The van der Waals surface area contributed by atoms with Crippen LogP contribution in [0.2, 0.25) is 0 Å². The summed E-state index contributed by atoms with van der Waals surface area (Å²) in [6.45, 7) is 6.42. The number of nitrogens with zero attached hydrogens (tertiary/aromatic N) is 4. The van der Waals surface area contributed by atoms with Crippen molar-refractivity contribution in [2.24, 2.45) is 0 Å². The molecular formula is C21H24N6O. The Morgan fingerprint density at radius 3 is 3.00 bits per heavy atom. The highest BCUT2D eigenvalue weighted by Crippen LogP contribution is 2.28. The molecule has 0 atom stereocenters. The number of fused-ring (bicyclic) bond motifs is 1. The van der Waals surface area contributed by atoms with Gasteiger partial charge in [-0.25, -0.2) is 0 Å². The normalized spacial score (nSPS) is 13.5. The highest BCUT2D eigenvalue weighted by molar-refractivity contribution is 5.93. The molecule has 0 aliphatic carbocycles. The van der Waals surface area contributed by atoms with Crippen LogP contribution in [0.3, 0.4) is 0 Å². The van der Waals surface area contributed by atoms with Crippen LogP contribution in [0.25, 0.3) is 0 Å². The summed E-state index contributed by atoms with van der Waals surface area (Å²) in [5, 5.41) is 10.6. The number of H-pyrrole nitrogens is 1. The van der Waals surface area contributed by atoms with Crippen LogP contribution in [0.4, 0.5) is 5.69 Å². The Morgan fingerprint density at radius 1 is 1.32 bits per heavy atom. The molecule has 28 heavy (non-hydrogen) atoms. The minimum absolute atomic E-state index is 0.186. The van der Waals surface area contributed by atoms with Crippen LogP contribution in [0.15, 0.2) is 42.9 Å². The van der Waals surface area contributed by atoms with E-state index in [1.807, 2.05) is 24.3 Å². The van der Waals surface area contributed by atoms with Gasteiger partial charge in [-0.2, -0.15) is 5.10 Å². The van der Waals surface area contributed by atoms with Crippen molar-refractivity contribution in [3.05, 3.63) is 71.1 Å². The number of hydrogen-bond acceptors (Lipinski definition) is 5. The van der Waals surface area contributed by atoms with Gasteiger partial charge >= 0.3 is 0 Å². The number of carbonyl (C=O) groups is 1. The fraction of sp³-hybridized carbons (Fsp3) is 0.333. The Balaban J connectivity index is 1.48. The molecule has 0 aromatic carbocycles. The van der Waals surface area contributed by atoms with E-state index in [0.717, 1.165) is 36.5 Å². The van der Waals surface area contributed by atoms with Gasteiger partial charge in [0, 0.05) is 61.6 Å². The number of nitrogens with one attached hydrogen (secondary N) is 2. The average molecular weight is 376 g/mol. The molecule has 0 saturated carbocycles. The molecular weight excluding hydrogens is 352 g/mol. The smallest absolute Gasteiger partial charge is 0.270 e. The van der Waals surface area contributed by atoms with Crippen molar-refractivity contribution in [3.8, 4) is 0 Å². The summed E-state index contributed by atoms with van der Waals surface area (Å²) in [4.78, 5) is 23.1. The highest BCUT2D eigenvalue weighted by Gasteiger charge is 2.24. The van der Waals surface area contributed by atoms with Gasteiger partial charge in [0.15, 0.2) is 0 Å².